The van der Waals surface area contributed by atoms with Crippen molar-refractivity contribution in [1.82, 2.24) is 0 Å². The second-order valence-corrected chi connectivity index (χ2v) is 5.51. The van der Waals surface area contributed by atoms with Gasteiger partial charge in [0, 0.05) is 25.0 Å². The van der Waals surface area contributed by atoms with Gasteiger partial charge in [-0.05, 0) is 25.0 Å². The fourth-order valence-corrected chi connectivity index (χ4v) is 2.26. The quantitative estimate of drug-likeness (QED) is 0.450. The first-order chi connectivity index (χ1) is 10.3. The fraction of sp³-hybridized carbons (Fsp3) is 0.562. The molecule has 0 radical (unpaired) electrons. The SMILES string of the molecule is O=C(O)c1ccccc1OCCCOCCCCCCBr. The highest BCUT2D eigenvalue weighted by Crippen LogP contribution is 2.17. The number of carboxylic acids is 1. The van der Waals surface area contributed by atoms with Gasteiger partial charge in [-0.2, -0.15) is 0 Å². The maximum Gasteiger partial charge on any atom is 0.339 e. The molecular weight excluding hydrogens is 336 g/mol. The molecule has 0 aromatic heterocycles. The lowest BCUT2D eigenvalue weighted by Gasteiger charge is -2.09. The van der Waals surface area contributed by atoms with Crippen LogP contribution < -0.4 is 4.74 Å². The monoisotopic (exact) mass is 358 g/mol. The maximum absolute atomic E-state index is 11.0. The van der Waals surface area contributed by atoms with Crippen molar-refractivity contribution >= 4 is 21.9 Å². The number of benzene rings is 1. The molecule has 1 aromatic carbocycles. The van der Waals surface area contributed by atoms with E-state index in [9.17, 15) is 4.79 Å². The zero-order valence-electron chi connectivity index (χ0n) is 12.2. The average molecular weight is 359 g/mol. The van der Waals surface area contributed by atoms with Crippen molar-refractivity contribution in [3.8, 4) is 5.75 Å². The van der Waals surface area contributed by atoms with Gasteiger partial charge < -0.3 is 14.6 Å². The summed E-state index contributed by atoms with van der Waals surface area (Å²) in [6.45, 7) is 1.90. The van der Waals surface area contributed by atoms with E-state index in [1.807, 2.05) is 0 Å². The van der Waals surface area contributed by atoms with Crippen LogP contribution in [0.1, 0.15) is 42.5 Å². The lowest BCUT2D eigenvalue weighted by Crippen LogP contribution is -2.07. The molecule has 0 atom stereocenters. The molecule has 118 valence electrons. The van der Waals surface area contributed by atoms with Crippen molar-refractivity contribution in [3.05, 3.63) is 29.8 Å². The summed E-state index contributed by atoms with van der Waals surface area (Å²) in [5.74, 6) is -0.551. The van der Waals surface area contributed by atoms with Gasteiger partial charge in [0.2, 0.25) is 0 Å². The first-order valence-corrected chi connectivity index (χ1v) is 8.46. The largest absolute Gasteiger partial charge is 0.493 e. The van der Waals surface area contributed by atoms with Crippen LogP contribution in [0.3, 0.4) is 0 Å². The summed E-state index contributed by atoms with van der Waals surface area (Å²) in [7, 11) is 0. The summed E-state index contributed by atoms with van der Waals surface area (Å²) >= 11 is 3.41. The van der Waals surface area contributed by atoms with E-state index in [2.05, 4.69) is 15.9 Å². The Morgan fingerprint density at radius 1 is 1.00 bits per heavy atom. The number of hydrogen-bond donors (Lipinski definition) is 1. The van der Waals surface area contributed by atoms with E-state index in [0.717, 1.165) is 24.8 Å². The Balaban J connectivity index is 2.06. The normalized spacial score (nSPS) is 10.5. The first-order valence-electron chi connectivity index (χ1n) is 7.34. The van der Waals surface area contributed by atoms with Gasteiger partial charge >= 0.3 is 5.97 Å². The first kappa shape index (κ1) is 18.0. The van der Waals surface area contributed by atoms with Crippen molar-refractivity contribution in [2.45, 2.75) is 32.1 Å². The predicted molar refractivity (Wildman–Crippen MR) is 86.6 cm³/mol. The number of unbranched alkanes of at least 4 members (excludes halogenated alkanes) is 3. The van der Waals surface area contributed by atoms with Crippen LogP contribution in [0.5, 0.6) is 5.75 Å². The smallest absolute Gasteiger partial charge is 0.339 e. The van der Waals surface area contributed by atoms with Crippen LogP contribution >= 0.6 is 15.9 Å². The minimum absolute atomic E-state index is 0.199. The molecule has 0 amide bonds. The van der Waals surface area contributed by atoms with Gasteiger partial charge in [-0.15, -0.1) is 0 Å². The van der Waals surface area contributed by atoms with Gasteiger partial charge in [-0.1, -0.05) is 40.9 Å². The van der Waals surface area contributed by atoms with E-state index >= 15 is 0 Å². The van der Waals surface area contributed by atoms with Crippen molar-refractivity contribution in [1.29, 1.82) is 0 Å². The molecule has 21 heavy (non-hydrogen) atoms. The number of rotatable bonds is 12. The predicted octanol–water partition coefficient (Wildman–Crippen LogP) is 4.13. The van der Waals surface area contributed by atoms with Crippen LogP contribution in [0, 0.1) is 0 Å². The Kier molecular flexibility index (Phi) is 9.91. The van der Waals surface area contributed by atoms with Gasteiger partial charge in [-0.25, -0.2) is 4.79 Å². The third-order valence-electron chi connectivity index (χ3n) is 2.98. The third kappa shape index (κ3) is 8.07. The Hall–Kier alpha value is -1.07. The topological polar surface area (TPSA) is 55.8 Å². The Morgan fingerprint density at radius 2 is 1.71 bits per heavy atom. The van der Waals surface area contributed by atoms with Crippen molar-refractivity contribution in [2.24, 2.45) is 0 Å². The number of aromatic carboxylic acids is 1. The standard InChI is InChI=1S/C16H23BrO4/c17-10-5-1-2-6-11-20-12-7-13-21-15-9-4-3-8-14(15)16(18)19/h3-4,8-9H,1-2,5-7,10-13H2,(H,18,19). The Bertz CT molecular complexity index is 409. The van der Waals surface area contributed by atoms with E-state index in [1.54, 1.807) is 24.3 Å². The van der Waals surface area contributed by atoms with Crippen LogP contribution in [-0.4, -0.2) is 36.2 Å². The Labute approximate surface area is 134 Å². The molecule has 1 aromatic rings. The molecule has 0 heterocycles. The number of para-hydroxylation sites is 1. The second kappa shape index (κ2) is 11.6. The molecule has 0 aliphatic heterocycles. The van der Waals surface area contributed by atoms with Crippen LogP contribution in [0.4, 0.5) is 0 Å². The van der Waals surface area contributed by atoms with Gasteiger partial charge in [-0.3, -0.25) is 0 Å². The number of carbonyl (C=O) groups is 1. The molecule has 1 N–H and O–H groups in total. The second-order valence-electron chi connectivity index (χ2n) is 4.72. The molecule has 0 unspecified atom stereocenters. The van der Waals surface area contributed by atoms with E-state index < -0.39 is 5.97 Å². The van der Waals surface area contributed by atoms with Crippen LogP contribution in [0.15, 0.2) is 24.3 Å². The van der Waals surface area contributed by atoms with E-state index in [0.29, 0.717) is 19.0 Å². The molecule has 0 spiro atoms. The van der Waals surface area contributed by atoms with Crippen molar-refractivity contribution in [3.63, 3.8) is 0 Å². The van der Waals surface area contributed by atoms with Gasteiger partial charge in [0.15, 0.2) is 0 Å². The van der Waals surface area contributed by atoms with Gasteiger partial charge in [0.25, 0.3) is 0 Å². The minimum Gasteiger partial charge on any atom is -0.493 e. The molecule has 4 nitrogen and oxygen atoms in total. The number of hydrogen-bond acceptors (Lipinski definition) is 3. The summed E-state index contributed by atoms with van der Waals surface area (Å²) in [6.07, 6.45) is 5.51. The third-order valence-corrected chi connectivity index (χ3v) is 3.54. The molecule has 1 rings (SSSR count). The molecule has 0 saturated carbocycles. The molecule has 5 heteroatoms. The molecule has 0 bridgehead atoms. The van der Waals surface area contributed by atoms with E-state index in [1.165, 1.54) is 19.3 Å². The molecular formula is C16H23BrO4. The molecule has 0 fully saturated rings. The molecule has 0 saturated heterocycles. The molecule has 0 aliphatic carbocycles. The van der Waals surface area contributed by atoms with Gasteiger partial charge in [0.1, 0.15) is 11.3 Å². The van der Waals surface area contributed by atoms with E-state index in [4.69, 9.17) is 14.6 Å². The number of alkyl halides is 1. The summed E-state index contributed by atoms with van der Waals surface area (Å²) in [5.41, 5.74) is 0.199. The van der Waals surface area contributed by atoms with Crippen LogP contribution in [0.25, 0.3) is 0 Å². The van der Waals surface area contributed by atoms with Crippen molar-refractivity contribution < 1.29 is 19.4 Å². The van der Waals surface area contributed by atoms with E-state index in [-0.39, 0.29) is 5.56 Å². The Morgan fingerprint density at radius 3 is 2.48 bits per heavy atom. The lowest BCUT2D eigenvalue weighted by atomic mass is 10.2. The summed E-state index contributed by atoms with van der Waals surface area (Å²) < 4.78 is 11.0. The summed E-state index contributed by atoms with van der Waals surface area (Å²) in [6, 6.07) is 6.68. The molecule has 0 aliphatic rings. The summed E-state index contributed by atoms with van der Waals surface area (Å²) in [4.78, 5) is 11.0. The fourth-order valence-electron chi connectivity index (χ4n) is 1.87. The highest BCUT2D eigenvalue weighted by molar-refractivity contribution is 9.09. The van der Waals surface area contributed by atoms with Crippen LogP contribution in [-0.2, 0) is 4.74 Å². The van der Waals surface area contributed by atoms with Crippen molar-refractivity contribution in [2.75, 3.05) is 25.2 Å². The highest BCUT2D eigenvalue weighted by atomic mass is 79.9. The van der Waals surface area contributed by atoms with Gasteiger partial charge in [0.05, 0.1) is 6.61 Å². The number of ether oxygens (including phenoxy) is 2. The zero-order chi connectivity index (χ0) is 15.3. The summed E-state index contributed by atoms with van der Waals surface area (Å²) in [5, 5.41) is 10.1. The zero-order valence-corrected chi connectivity index (χ0v) is 13.8. The highest BCUT2D eigenvalue weighted by Gasteiger charge is 2.09. The lowest BCUT2D eigenvalue weighted by molar-refractivity contribution is 0.0691. The number of carboxylic acid groups (broad SMARTS) is 1. The van der Waals surface area contributed by atoms with Crippen LogP contribution in [0.2, 0.25) is 0 Å². The maximum atomic E-state index is 11.0. The average Bonchev–Trinajstić information content (AvgIpc) is 2.49. The minimum atomic E-state index is -0.967. The number of halogens is 1.